The van der Waals surface area contributed by atoms with Crippen LogP contribution < -0.4 is 14.8 Å². The zero-order valence-electron chi connectivity index (χ0n) is 17.0. The van der Waals surface area contributed by atoms with E-state index >= 15 is 0 Å². The van der Waals surface area contributed by atoms with Gasteiger partial charge in [-0.15, -0.1) is 0 Å². The van der Waals surface area contributed by atoms with Crippen LogP contribution in [-0.4, -0.2) is 50.6 Å². The highest BCUT2D eigenvalue weighted by Gasteiger charge is 2.34. The van der Waals surface area contributed by atoms with Gasteiger partial charge in [-0.2, -0.15) is 0 Å². The molecule has 9 heteroatoms. The molecule has 2 aromatic rings. The van der Waals surface area contributed by atoms with Crippen molar-refractivity contribution in [3.8, 4) is 11.5 Å². The highest BCUT2D eigenvalue weighted by molar-refractivity contribution is 7.93. The lowest BCUT2D eigenvalue weighted by Crippen LogP contribution is -2.36. The van der Waals surface area contributed by atoms with E-state index in [1.807, 2.05) is 31.2 Å². The van der Waals surface area contributed by atoms with Crippen LogP contribution in [-0.2, 0) is 25.8 Å². The molecule has 0 saturated carbocycles. The van der Waals surface area contributed by atoms with Gasteiger partial charge in [0.25, 0.3) is 0 Å². The second-order valence-corrected chi connectivity index (χ2v) is 8.96. The number of carboxylic acid groups (broad SMARTS) is 1. The Morgan fingerprint density at radius 1 is 1.03 bits per heavy atom. The fourth-order valence-corrected chi connectivity index (χ4v) is 4.33. The van der Waals surface area contributed by atoms with Crippen molar-refractivity contribution in [2.24, 2.45) is 0 Å². The topological polar surface area (TPSA) is 119 Å². The predicted molar refractivity (Wildman–Crippen MR) is 113 cm³/mol. The minimum atomic E-state index is -4.22. The van der Waals surface area contributed by atoms with Crippen LogP contribution in [0.4, 0.5) is 5.69 Å². The minimum absolute atomic E-state index is 0.121. The number of anilines is 1. The Morgan fingerprint density at radius 2 is 1.67 bits per heavy atom. The number of benzene rings is 2. The fourth-order valence-electron chi connectivity index (χ4n) is 2.90. The number of aryl methyl sites for hydroxylation is 2. The number of ether oxygens (including phenoxy) is 2. The lowest BCUT2D eigenvalue weighted by molar-refractivity contribution is -0.136. The van der Waals surface area contributed by atoms with E-state index in [2.05, 4.69) is 5.32 Å². The Balaban J connectivity index is 2.06. The van der Waals surface area contributed by atoms with E-state index < -0.39 is 32.7 Å². The van der Waals surface area contributed by atoms with Crippen LogP contribution in [0.25, 0.3) is 0 Å². The fraction of sp³-hybridized carbons (Fsp3) is 0.333. The Bertz CT molecular complexity index is 1000. The lowest BCUT2D eigenvalue weighted by Gasteiger charge is -2.14. The van der Waals surface area contributed by atoms with Crippen LogP contribution in [0, 0.1) is 6.92 Å². The zero-order valence-corrected chi connectivity index (χ0v) is 17.9. The molecule has 0 aliphatic carbocycles. The number of hydrogen-bond donors (Lipinski definition) is 2. The number of methoxy groups -OCH3 is 2. The Labute approximate surface area is 175 Å². The maximum atomic E-state index is 12.6. The number of carboxylic acids is 1. The second kappa shape index (κ2) is 10.1. The summed E-state index contributed by atoms with van der Waals surface area (Å²) in [6.45, 7) is 1.92. The third-order valence-electron chi connectivity index (χ3n) is 4.52. The number of sulfone groups is 1. The summed E-state index contributed by atoms with van der Waals surface area (Å²) in [5.74, 6) is -2.43. The van der Waals surface area contributed by atoms with E-state index in [0.717, 1.165) is 11.1 Å². The molecule has 0 aromatic heterocycles. The van der Waals surface area contributed by atoms with Gasteiger partial charge < -0.3 is 19.9 Å². The van der Waals surface area contributed by atoms with Gasteiger partial charge >= 0.3 is 5.97 Å². The van der Waals surface area contributed by atoms with E-state index in [4.69, 9.17) is 9.47 Å². The van der Waals surface area contributed by atoms with E-state index in [-0.39, 0.29) is 12.8 Å². The van der Waals surface area contributed by atoms with Gasteiger partial charge in [0.15, 0.2) is 26.6 Å². The molecule has 0 saturated heterocycles. The van der Waals surface area contributed by atoms with Gasteiger partial charge in [-0.3, -0.25) is 9.59 Å². The molecule has 0 aliphatic heterocycles. The molecule has 1 amide bonds. The number of carbonyl (C=O) groups is 2. The van der Waals surface area contributed by atoms with E-state index in [1.54, 1.807) is 6.07 Å². The summed E-state index contributed by atoms with van der Waals surface area (Å²) in [4.78, 5) is 23.8. The number of rotatable bonds is 10. The van der Waals surface area contributed by atoms with Crippen molar-refractivity contribution in [1.82, 2.24) is 0 Å². The van der Waals surface area contributed by atoms with Gasteiger partial charge in [-0.25, -0.2) is 8.42 Å². The van der Waals surface area contributed by atoms with Crippen LogP contribution in [0.3, 0.4) is 0 Å². The van der Waals surface area contributed by atoms with Crippen LogP contribution in [0.15, 0.2) is 42.5 Å². The number of amides is 1. The van der Waals surface area contributed by atoms with Gasteiger partial charge in [0.05, 0.1) is 14.2 Å². The number of hydrogen-bond acceptors (Lipinski definition) is 6. The molecule has 0 aliphatic rings. The third-order valence-corrected chi connectivity index (χ3v) is 6.49. The molecule has 0 bridgehead atoms. The average Bonchev–Trinajstić information content (AvgIpc) is 2.68. The first kappa shape index (κ1) is 23.2. The molecule has 0 heterocycles. The molecular weight excluding hydrogens is 410 g/mol. The Morgan fingerprint density at radius 3 is 2.23 bits per heavy atom. The van der Waals surface area contributed by atoms with Crippen LogP contribution >= 0.6 is 0 Å². The monoisotopic (exact) mass is 435 g/mol. The van der Waals surface area contributed by atoms with Crippen molar-refractivity contribution in [2.75, 3.05) is 25.3 Å². The number of nitrogens with one attached hydrogen (secondary N) is 1. The average molecular weight is 435 g/mol. The van der Waals surface area contributed by atoms with Crippen LogP contribution in [0.5, 0.6) is 11.5 Å². The summed E-state index contributed by atoms with van der Waals surface area (Å²) in [6, 6.07) is 12.0. The molecule has 8 nitrogen and oxygen atoms in total. The van der Waals surface area contributed by atoms with Gasteiger partial charge in [-0.05, 0) is 37.5 Å². The molecule has 1 unspecified atom stereocenters. The molecule has 0 fully saturated rings. The smallest absolute Gasteiger partial charge is 0.321 e. The summed E-state index contributed by atoms with van der Waals surface area (Å²) < 4.78 is 35.4. The maximum Gasteiger partial charge on any atom is 0.321 e. The summed E-state index contributed by atoms with van der Waals surface area (Å²) >= 11 is 0. The van der Waals surface area contributed by atoms with E-state index in [0.29, 0.717) is 17.2 Å². The quantitative estimate of drug-likeness (QED) is 0.588. The standard InChI is InChI=1S/C21H25NO7S/c1-14-4-6-15(7-5-14)8-11-19(21(24)25)30(26,27)13-20(23)22-16-9-10-17(28-2)18(12-16)29-3/h4-7,9-10,12,19H,8,11,13H2,1-3H3,(H,22,23)(H,24,25). The van der Waals surface area contributed by atoms with Crippen molar-refractivity contribution < 1.29 is 32.6 Å². The summed E-state index contributed by atoms with van der Waals surface area (Å²) in [6.07, 6.45) is 0.151. The lowest BCUT2D eigenvalue weighted by atomic mass is 10.1. The van der Waals surface area contributed by atoms with Gasteiger partial charge in [0.1, 0.15) is 5.75 Å². The summed E-state index contributed by atoms with van der Waals surface area (Å²) in [7, 11) is -1.32. The largest absolute Gasteiger partial charge is 0.493 e. The first-order chi connectivity index (χ1) is 14.2. The van der Waals surface area contributed by atoms with Crippen molar-refractivity contribution in [3.63, 3.8) is 0 Å². The third kappa shape index (κ3) is 6.21. The molecule has 2 aromatic carbocycles. The Hall–Kier alpha value is -3.07. The number of aliphatic carboxylic acids is 1. The highest BCUT2D eigenvalue weighted by atomic mass is 32.2. The van der Waals surface area contributed by atoms with Gasteiger partial charge in [-0.1, -0.05) is 29.8 Å². The van der Waals surface area contributed by atoms with Gasteiger partial charge in [0, 0.05) is 11.8 Å². The molecule has 0 radical (unpaired) electrons. The van der Waals surface area contributed by atoms with Crippen LogP contribution in [0.2, 0.25) is 0 Å². The molecule has 30 heavy (non-hydrogen) atoms. The zero-order chi connectivity index (χ0) is 22.3. The number of carbonyl (C=O) groups excluding carboxylic acids is 1. The first-order valence-corrected chi connectivity index (χ1v) is 10.9. The summed E-state index contributed by atoms with van der Waals surface area (Å²) in [5, 5.41) is 10.2. The van der Waals surface area contributed by atoms with Gasteiger partial charge in [0.2, 0.25) is 5.91 Å². The molecule has 1 atom stereocenters. The normalized spacial score (nSPS) is 12.1. The Kier molecular flexibility index (Phi) is 7.82. The second-order valence-electron chi connectivity index (χ2n) is 6.78. The maximum absolute atomic E-state index is 12.6. The van der Waals surface area contributed by atoms with Crippen molar-refractivity contribution in [3.05, 3.63) is 53.6 Å². The summed E-state index contributed by atoms with van der Waals surface area (Å²) in [5.41, 5.74) is 2.18. The molecule has 0 spiro atoms. The van der Waals surface area contributed by atoms with E-state index in [9.17, 15) is 23.1 Å². The predicted octanol–water partition coefficient (Wildman–Crippen LogP) is 2.45. The van der Waals surface area contributed by atoms with Crippen molar-refractivity contribution in [1.29, 1.82) is 0 Å². The highest BCUT2D eigenvalue weighted by Crippen LogP contribution is 2.29. The van der Waals surface area contributed by atoms with Crippen LogP contribution in [0.1, 0.15) is 17.5 Å². The molecule has 2 N–H and O–H groups in total. The van der Waals surface area contributed by atoms with Crippen molar-refractivity contribution in [2.45, 2.75) is 25.0 Å². The van der Waals surface area contributed by atoms with E-state index in [1.165, 1.54) is 26.4 Å². The first-order valence-electron chi connectivity index (χ1n) is 9.18. The molecule has 162 valence electrons. The molecule has 2 rings (SSSR count). The van der Waals surface area contributed by atoms with Crippen molar-refractivity contribution >= 4 is 27.4 Å². The molecular formula is C21H25NO7S. The SMILES string of the molecule is COc1ccc(NC(=O)CS(=O)(=O)C(CCc2ccc(C)cc2)C(=O)O)cc1OC. The minimum Gasteiger partial charge on any atom is -0.493 e.